The molecule has 0 saturated heterocycles. The molecule has 0 saturated carbocycles. The average Bonchev–Trinajstić information content (AvgIpc) is 3.66. The Morgan fingerprint density at radius 1 is 0.587 bits per heavy atom. The van der Waals surface area contributed by atoms with E-state index in [9.17, 15) is 0 Å². The molecule has 8 nitrogen and oxygen atoms in total. The van der Waals surface area contributed by atoms with Crippen molar-refractivity contribution in [1.82, 2.24) is 29.9 Å². The topological polar surface area (TPSA) is 129 Å². The van der Waals surface area contributed by atoms with Crippen molar-refractivity contribution in [2.75, 3.05) is 11.5 Å². The predicted molar refractivity (Wildman–Crippen MR) is 185 cm³/mol. The van der Waals surface area contributed by atoms with Crippen LogP contribution in [0.2, 0.25) is 5.02 Å². The molecule has 0 amide bonds. The Morgan fingerprint density at radius 2 is 1.20 bits per heavy atom. The van der Waals surface area contributed by atoms with Gasteiger partial charge in [-0.15, -0.1) is 0 Å². The van der Waals surface area contributed by atoms with Crippen LogP contribution in [0.25, 0.3) is 76.7 Å². The predicted octanol–water partition coefficient (Wildman–Crippen LogP) is 8.78. The van der Waals surface area contributed by atoms with Gasteiger partial charge in [0.05, 0.1) is 55.1 Å². The fourth-order valence-corrected chi connectivity index (χ4v) is 7.24. The molecule has 0 atom stereocenters. The summed E-state index contributed by atoms with van der Waals surface area (Å²) in [6.45, 7) is 0. The van der Waals surface area contributed by atoms with Gasteiger partial charge < -0.3 is 11.5 Å². The van der Waals surface area contributed by atoms with E-state index in [-0.39, 0.29) is 0 Å². The number of nitrogens with two attached hydrogens (primary N) is 2. The van der Waals surface area contributed by atoms with Crippen molar-refractivity contribution in [2.45, 2.75) is 0 Å². The van der Waals surface area contributed by atoms with Crippen LogP contribution in [-0.2, 0) is 0 Å². The summed E-state index contributed by atoms with van der Waals surface area (Å²) < 4.78 is 15.8. The maximum absolute atomic E-state index is 15.8. The minimum Gasteiger partial charge on any atom is -0.375 e. The van der Waals surface area contributed by atoms with Crippen molar-refractivity contribution >= 4 is 66.6 Å². The molecule has 4 heterocycles. The minimum absolute atomic E-state index is 0.316. The maximum Gasteiger partial charge on any atom is 0.181 e. The second kappa shape index (κ2) is 11.2. The second-order valence-electron chi connectivity index (χ2n) is 10.4. The molecule has 4 aromatic carbocycles. The number of hydrogen-bond donors (Lipinski definition) is 2. The van der Waals surface area contributed by atoms with E-state index in [1.807, 2.05) is 66.7 Å². The fourth-order valence-electron chi connectivity index (χ4n) is 5.35. The highest BCUT2D eigenvalue weighted by Gasteiger charge is 2.19. The summed E-state index contributed by atoms with van der Waals surface area (Å²) in [6.07, 6.45) is 4.87. The number of aromatic nitrogens is 6. The van der Waals surface area contributed by atoms with Crippen LogP contribution in [0.15, 0.2) is 97.5 Å². The number of benzene rings is 4. The van der Waals surface area contributed by atoms with E-state index in [1.54, 1.807) is 24.7 Å². The van der Waals surface area contributed by atoms with Crippen LogP contribution >= 0.6 is 34.3 Å². The fraction of sp³-hybridized carbons (Fsp3) is 0. The van der Waals surface area contributed by atoms with E-state index >= 15 is 4.39 Å². The molecule has 0 bridgehead atoms. The summed E-state index contributed by atoms with van der Waals surface area (Å²) in [6, 6.07) is 23.9. The zero-order valence-corrected chi connectivity index (χ0v) is 26.0. The van der Waals surface area contributed by atoms with Crippen LogP contribution in [0.3, 0.4) is 0 Å². The van der Waals surface area contributed by atoms with Crippen LogP contribution in [0.4, 0.5) is 14.7 Å². The Labute approximate surface area is 274 Å². The van der Waals surface area contributed by atoms with Gasteiger partial charge in [-0.05, 0) is 59.7 Å². The molecule has 8 aromatic rings. The lowest BCUT2D eigenvalue weighted by atomic mass is 10.0. The molecule has 222 valence electrons. The highest BCUT2D eigenvalue weighted by atomic mass is 35.5. The third-order valence-corrected chi connectivity index (χ3v) is 9.54. The molecule has 0 aliphatic carbocycles. The summed E-state index contributed by atoms with van der Waals surface area (Å²) in [4.78, 5) is 28.9. The smallest absolute Gasteiger partial charge is 0.181 e. The van der Waals surface area contributed by atoms with E-state index in [0.29, 0.717) is 48.8 Å². The Kier molecular flexibility index (Phi) is 6.86. The molecule has 4 N–H and O–H groups in total. The lowest BCUT2D eigenvalue weighted by Gasteiger charge is -2.09. The third kappa shape index (κ3) is 5.10. The first kappa shape index (κ1) is 28.1. The summed E-state index contributed by atoms with van der Waals surface area (Å²) in [5, 5.41) is 1.42. The van der Waals surface area contributed by atoms with E-state index in [2.05, 4.69) is 24.9 Å². The van der Waals surface area contributed by atoms with Gasteiger partial charge in [-0.3, -0.25) is 15.0 Å². The molecular formula is C34H20ClFN8S2. The third-order valence-electron chi connectivity index (χ3n) is 7.44. The Hall–Kier alpha value is -5.36. The van der Waals surface area contributed by atoms with Gasteiger partial charge in [-0.2, -0.15) is 0 Å². The standard InChI is InChI=1S/C34H20ClFN8S2/c35-21-3-1-2-17(12-21)29-32(46-33(37)43-29)20-6-9-25-27(15-20)42-28(16-41-25)22-7-4-18(13-23(22)36)30-31(45-34(38)44-30)19-5-8-24-26(14-19)40-11-10-39-24/h1-16H,(H2,37,43)(H2,38,44). The zero-order chi connectivity index (χ0) is 31.4. The first-order valence-electron chi connectivity index (χ1n) is 14.0. The first-order chi connectivity index (χ1) is 22.4. The van der Waals surface area contributed by atoms with Crippen molar-refractivity contribution < 1.29 is 4.39 Å². The average molecular weight is 659 g/mol. The molecule has 0 unspecified atom stereocenters. The Bertz CT molecular complexity index is 2460. The van der Waals surface area contributed by atoms with Crippen LogP contribution in [0.1, 0.15) is 0 Å². The SMILES string of the molecule is Nc1nc(-c2ccc(-c3cnc4ccc(-c5sc(N)nc5-c5cccc(Cl)c5)cc4n3)c(F)c2)c(-c2ccc3nccnc3c2)s1. The van der Waals surface area contributed by atoms with Gasteiger partial charge in [0, 0.05) is 34.1 Å². The van der Waals surface area contributed by atoms with Crippen molar-refractivity contribution in [1.29, 1.82) is 0 Å². The van der Waals surface area contributed by atoms with Gasteiger partial charge in [0.15, 0.2) is 10.3 Å². The molecule has 8 rings (SSSR count). The van der Waals surface area contributed by atoms with Crippen LogP contribution < -0.4 is 11.5 Å². The van der Waals surface area contributed by atoms with Gasteiger partial charge in [-0.1, -0.05) is 64.6 Å². The molecule has 4 aromatic heterocycles. The van der Waals surface area contributed by atoms with Gasteiger partial charge in [-0.25, -0.2) is 19.3 Å². The van der Waals surface area contributed by atoms with Gasteiger partial charge >= 0.3 is 0 Å². The van der Waals surface area contributed by atoms with E-state index < -0.39 is 5.82 Å². The number of halogens is 2. The van der Waals surface area contributed by atoms with Crippen molar-refractivity contribution in [2.24, 2.45) is 0 Å². The van der Waals surface area contributed by atoms with Crippen LogP contribution in [-0.4, -0.2) is 29.9 Å². The summed E-state index contributed by atoms with van der Waals surface area (Å²) >= 11 is 8.96. The Balaban J connectivity index is 1.16. The highest BCUT2D eigenvalue weighted by molar-refractivity contribution is 7.19. The van der Waals surface area contributed by atoms with Gasteiger partial charge in [0.25, 0.3) is 0 Å². The number of anilines is 2. The molecule has 46 heavy (non-hydrogen) atoms. The lowest BCUT2D eigenvalue weighted by Crippen LogP contribution is -1.93. The Morgan fingerprint density at radius 3 is 1.87 bits per heavy atom. The van der Waals surface area contributed by atoms with Crippen LogP contribution in [0, 0.1) is 5.82 Å². The van der Waals surface area contributed by atoms with E-state index in [4.69, 9.17) is 28.1 Å². The molecule has 0 radical (unpaired) electrons. The van der Waals surface area contributed by atoms with Crippen molar-refractivity contribution in [3.8, 4) is 54.7 Å². The highest BCUT2D eigenvalue weighted by Crippen LogP contribution is 2.41. The lowest BCUT2D eigenvalue weighted by molar-refractivity contribution is 0.631. The zero-order valence-electron chi connectivity index (χ0n) is 23.6. The van der Waals surface area contributed by atoms with Gasteiger partial charge in [0.2, 0.25) is 0 Å². The summed E-state index contributed by atoms with van der Waals surface area (Å²) in [5.74, 6) is -0.456. The molecule has 12 heteroatoms. The number of rotatable bonds is 5. The molecule has 0 aliphatic rings. The molecule has 0 spiro atoms. The summed E-state index contributed by atoms with van der Waals surface area (Å²) in [7, 11) is 0. The quantitative estimate of drug-likeness (QED) is 0.188. The van der Waals surface area contributed by atoms with E-state index in [1.165, 1.54) is 28.7 Å². The maximum atomic E-state index is 15.8. The van der Waals surface area contributed by atoms with Crippen molar-refractivity contribution in [3.05, 3.63) is 108 Å². The number of hydrogen-bond acceptors (Lipinski definition) is 10. The number of fused-ring (bicyclic) bond motifs is 2. The monoisotopic (exact) mass is 658 g/mol. The normalized spacial score (nSPS) is 11.4. The molecule has 0 aliphatic heterocycles. The molecular weight excluding hydrogens is 639 g/mol. The number of nitrogen functional groups attached to an aromatic ring is 2. The first-order valence-corrected chi connectivity index (χ1v) is 16.0. The second-order valence-corrected chi connectivity index (χ2v) is 12.9. The number of nitrogens with zero attached hydrogens (tertiary/aromatic N) is 6. The molecule has 0 fully saturated rings. The van der Waals surface area contributed by atoms with Crippen LogP contribution in [0.5, 0.6) is 0 Å². The number of thiazole rings is 2. The van der Waals surface area contributed by atoms with Crippen molar-refractivity contribution in [3.63, 3.8) is 0 Å². The van der Waals surface area contributed by atoms with E-state index in [0.717, 1.165) is 43.2 Å². The largest absolute Gasteiger partial charge is 0.375 e. The summed E-state index contributed by atoms with van der Waals surface area (Å²) in [5.41, 5.74) is 20.3. The van der Waals surface area contributed by atoms with Gasteiger partial charge in [0.1, 0.15) is 5.82 Å². The minimum atomic E-state index is -0.456.